The maximum absolute atomic E-state index is 12.2. The maximum atomic E-state index is 12.2. The van der Waals surface area contributed by atoms with E-state index in [0.29, 0.717) is 24.3 Å². The number of nitro benzene ring substituents is 1. The zero-order valence-electron chi connectivity index (χ0n) is 12.0. The van der Waals surface area contributed by atoms with Gasteiger partial charge in [0.2, 0.25) is 10.0 Å². The van der Waals surface area contributed by atoms with Crippen LogP contribution in [0.3, 0.4) is 0 Å². The van der Waals surface area contributed by atoms with Crippen LogP contribution in [0.4, 0.5) is 5.69 Å². The topological polar surface area (TPSA) is 80.5 Å². The molecule has 0 bridgehead atoms. The van der Waals surface area contributed by atoms with E-state index in [-0.39, 0.29) is 11.4 Å². The number of alkyl halides is 1. The molecule has 118 valence electrons. The van der Waals surface area contributed by atoms with Gasteiger partial charge in [-0.1, -0.05) is 12.1 Å². The number of sulfonamides is 1. The Morgan fingerprint density at radius 3 is 2.62 bits per heavy atom. The van der Waals surface area contributed by atoms with E-state index in [9.17, 15) is 18.5 Å². The highest BCUT2D eigenvalue weighted by molar-refractivity contribution is 7.89. The summed E-state index contributed by atoms with van der Waals surface area (Å²) in [7, 11) is -1.92. The van der Waals surface area contributed by atoms with Crippen LogP contribution < -0.4 is 0 Å². The molecule has 0 fully saturated rings. The number of hydrogen-bond acceptors (Lipinski definition) is 4. The van der Waals surface area contributed by atoms with Crippen molar-refractivity contribution >= 4 is 27.3 Å². The minimum atomic E-state index is -3.41. The van der Waals surface area contributed by atoms with Crippen LogP contribution >= 0.6 is 11.6 Å². The minimum Gasteiger partial charge on any atom is -0.258 e. The van der Waals surface area contributed by atoms with E-state index in [2.05, 4.69) is 0 Å². The molecular formula is C13H19ClN2O4S. The number of benzene rings is 1. The Morgan fingerprint density at radius 1 is 1.38 bits per heavy atom. The van der Waals surface area contributed by atoms with E-state index in [0.717, 1.165) is 0 Å². The summed E-state index contributed by atoms with van der Waals surface area (Å²) in [6, 6.07) is 5.55. The molecule has 1 aromatic carbocycles. The number of nitro groups is 1. The predicted octanol–water partition coefficient (Wildman–Crippen LogP) is 2.94. The fourth-order valence-corrected chi connectivity index (χ4v) is 3.52. The first-order chi connectivity index (χ1) is 9.79. The number of unbranched alkanes of at least 4 members (excludes halogenated alkanes) is 1. The molecule has 1 aromatic rings. The third-order valence-electron chi connectivity index (χ3n) is 3.33. The summed E-state index contributed by atoms with van der Waals surface area (Å²) < 4.78 is 25.6. The third-order valence-corrected chi connectivity index (χ3v) is 5.60. The quantitative estimate of drug-likeness (QED) is 0.317. The lowest BCUT2D eigenvalue weighted by atomic mass is 10.1. The van der Waals surface area contributed by atoms with Crippen LogP contribution in [0.2, 0.25) is 0 Å². The fraction of sp³-hybridized carbons (Fsp3) is 0.538. The average molecular weight is 335 g/mol. The van der Waals surface area contributed by atoms with Gasteiger partial charge < -0.3 is 0 Å². The number of rotatable bonds is 8. The van der Waals surface area contributed by atoms with E-state index in [1.165, 1.54) is 23.5 Å². The fourth-order valence-electron chi connectivity index (χ4n) is 1.87. The minimum absolute atomic E-state index is 0.0233. The lowest BCUT2D eigenvalue weighted by Crippen LogP contribution is -2.31. The van der Waals surface area contributed by atoms with Crippen molar-refractivity contribution in [2.45, 2.75) is 25.8 Å². The Balaban J connectivity index is 2.89. The van der Waals surface area contributed by atoms with E-state index in [1.54, 1.807) is 19.1 Å². The Morgan fingerprint density at radius 2 is 2.05 bits per heavy atom. The van der Waals surface area contributed by atoms with Gasteiger partial charge in [0.1, 0.15) is 0 Å². The highest BCUT2D eigenvalue weighted by Crippen LogP contribution is 2.25. The van der Waals surface area contributed by atoms with Crippen molar-refractivity contribution in [3.8, 4) is 0 Å². The standard InChI is InChI=1S/C13H19ClN2O4S/c1-11(12-6-5-7-13(10-12)16(17)18)15(2)21(19,20)9-4-3-8-14/h5-7,10-11H,3-4,8-9H2,1-2H3. The van der Waals surface area contributed by atoms with Crippen LogP contribution in [-0.4, -0.2) is 36.3 Å². The van der Waals surface area contributed by atoms with Crippen LogP contribution in [0.25, 0.3) is 0 Å². The molecule has 0 saturated heterocycles. The Kier molecular flexibility index (Phi) is 6.57. The van der Waals surface area contributed by atoms with Crippen LogP contribution in [0, 0.1) is 10.1 Å². The van der Waals surface area contributed by atoms with Crippen molar-refractivity contribution in [3.63, 3.8) is 0 Å². The van der Waals surface area contributed by atoms with Gasteiger partial charge in [0.25, 0.3) is 5.69 Å². The van der Waals surface area contributed by atoms with Crippen LogP contribution in [-0.2, 0) is 10.0 Å². The second-order valence-corrected chi connectivity index (χ2v) is 7.28. The predicted molar refractivity (Wildman–Crippen MR) is 83.0 cm³/mol. The number of nitrogens with zero attached hydrogens (tertiary/aromatic N) is 2. The van der Waals surface area contributed by atoms with Crippen LogP contribution in [0.15, 0.2) is 24.3 Å². The van der Waals surface area contributed by atoms with Gasteiger partial charge in [-0.3, -0.25) is 10.1 Å². The van der Waals surface area contributed by atoms with Gasteiger partial charge in [-0.25, -0.2) is 8.42 Å². The second-order valence-electron chi connectivity index (χ2n) is 4.76. The second kappa shape index (κ2) is 7.72. The molecule has 0 aliphatic carbocycles. The molecule has 21 heavy (non-hydrogen) atoms. The zero-order chi connectivity index (χ0) is 16.0. The highest BCUT2D eigenvalue weighted by Gasteiger charge is 2.24. The van der Waals surface area contributed by atoms with E-state index < -0.39 is 21.0 Å². The Bertz CT molecular complexity index is 592. The SMILES string of the molecule is CC(c1cccc([N+](=O)[O-])c1)N(C)S(=O)(=O)CCCCCl. The summed E-state index contributed by atoms with van der Waals surface area (Å²) in [5.74, 6) is 0.454. The molecule has 8 heteroatoms. The maximum Gasteiger partial charge on any atom is 0.269 e. The summed E-state index contributed by atoms with van der Waals surface area (Å²) in [4.78, 5) is 10.3. The molecule has 1 rings (SSSR count). The molecule has 6 nitrogen and oxygen atoms in total. The summed E-state index contributed by atoms with van der Waals surface area (Å²) in [5, 5.41) is 10.8. The van der Waals surface area contributed by atoms with E-state index in [1.807, 2.05) is 0 Å². The molecule has 0 aliphatic heterocycles. The van der Waals surface area contributed by atoms with E-state index in [4.69, 9.17) is 11.6 Å². The molecule has 0 N–H and O–H groups in total. The van der Waals surface area contributed by atoms with Crippen molar-refractivity contribution in [1.29, 1.82) is 0 Å². The average Bonchev–Trinajstić information content (AvgIpc) is 2.46. The van der Waals surface area contributed by atoms with Gasteiger partial charge in [0.15, 0.2) is 0 Å². The molecule has 0 heterocycles. The van der Waals surface area contributed by atoms with Crippen molar-refractivity contribution in [2.24, 2.45) is 0 Å². The van der Waals surface area contributed by atoms with Gasteiger partial charge in [0.05, 0.1) is 10.7 Å². The molecule has 1 unspecified atom stereocenters. The first-order valence-electron chi connectivity index (χ1n) is 6.55. The lowest BCUT2D eigenvalue weighted by Gasteiger charge is -2.24. The number of hydrogen-bond donors (Lipinski definition) is 0. The molecule has 0 amide bonds. The van der Waals surface area contributed by atoms with Gasteiger partial charge in [-0.15, -0.1) is 11.6 Å². The van der Waals surface area contributed by atoms with Gasteiger partial charge in [-0.2, -0.15) is 4.31 Å². The van der Waals surface area contributed by atoms with Crippen molar-refractivity contribution in [3.05, 3.63) is 39.9 Å². The molecule has 1 atom stereocenters. The summed E-state index contributed by atoms with van der Waals surface area (Å²) in [6.07, 6.45) is 1.14. The Labute approximate surface area is 129 Å². The molecule has 0 radical (unpaired) electrons. The summed E-state index contributed by atoms with van der Waals surface area (Å²) >= 11 is 5.54. The van der Waals surface area contributed by atoms with E-state index >= 15 is 0 Å². The van der Waals surface area contributed by atoms with Gasteiger partial charge >= 0.3 is 0 Å². The van der Waals surface area contributed by atoms with Crippen LogP contribution in [0.1, 0.15) is 31.4 Å². The largest absolute Gasteiger partial charge is 0.269 e. The van der Waals surface area contributed by atoms with Crippen molar-refractivity contribution in [2.75, 3.05) is 18.7 Å². The summed E-state index contributed by atoms with van der Waals surface area (Å²) in [6.45, 7) is 1.71. The molecule has 0 spiro atoms. The summed E-state index contributed by atoms with van der Waals surface area (Å²) in [5.41, 5.74) is 0.542. The molecule has 0 aliphatic rings. The van der Waals surface area contributed by atoms with Crippen molar-refractivity contribution < 1.29 is 13.3 Å². The third kappa shape index (κ3) is 4.94. The number of non-ortho nitro benzene ring substituents is 1. The Hall–Kier alpha value is -1.18. The first kappa shape index (κ1) is 17.9. The highest BCUT2D eigenvalue weighted by atomic mass is 35.5. The normalized spacial score (nSPS) is 13.3. The lowest BCUT2D eigenvalue weighted by molar-refractivity contribution is -0.384. The number of halogens is 1. The monoisotopic (exact) mass is 334 g/mol. The van der Waals surface area contributed by atoms with Crippen molar-refractivity contribution in [1.82, 2.24) is 4.31 Å². The molecule has 0 saturated carbocycles. The van der Waals surface area contributed by atoms with Gasteiger partial charge in [-0.05, 0) is 25.3 Å². The molecular weight excluding hydrogens is 316 g/mol. The molecule has 0 aromatic heterocycles. The smallest absolute Gasteiger partial charge is 0.258 e. The first-order valence-corrected chi connectivity index (χ1v) is 8.70. The zero-order valence-corrected chi connectivity index (χ0v) is 13.6. The van der Waals surface area contributed by atoms with Gasteiger partial charge in [0, 0.05) is 31.1 Å². The van der Waals surface area contributed by atoms with Crippen LogP contribution in [0.5, 0.6) is 0 Å².